The molecule has 17 heavy (non-hydrogen) atoms. The van der Waals surface area contributed by atoms with Gasteiger partial charge in [-0.05, 0) is 6.92 Å². The van der Waals surface area contributed by atoms with Gasteiger partial charge >= 0.3 is 6.01 Å². The molecule has 0 fully saturated rings. The first kappa shape index (κ1) is 11.4. The number of ether oxygens (including phenoxy) is 2. The standard InChI is InChI=1S/C11H14N4O2/c1-7-8(6-15(2)14-7)9-5-10(16-3)13-11(12-9)17-4/h5-6H,1-4H3. The fourth-order valence-corrected chi connectivity index (χ4v) is 1.59. The van der Waals surface area contributed by atoms with E-state index in [1.165, 1.54) is 7.11 Å². The molecule has 0 atom stereocenters. The molecule has 2 rings (SSSR count). The monoisotopic (exact) mass is 234 g/mol. The van der Waals surface area contributed by atoms with E-state index in [0.717, 1.165) is 17.0 Å². The van der Waals surface area contributed by atoms with E-state index in [4.69, 9.17) is 9.47 Å². The molecule has 90 valence electrons. The lowest BCUT2D eigenvalue weighted by molar-refractivity contribution is 0.353. The largest absolute Gasteiger partial charge is 0.481 e. The molecule has 2 aromatic heterocycles. The molecule has 0 aromatic carbocycles. The van der Waals surface area contributed by atoms with Crippen molar-refractivity contribution in [3.63, 3.8) is 0 Å². The lowest BCUT2D eigenvalue weighted by Gasteiger charge is -2.05. The van der Waals surface area contributed by atoms with Crippen LogP contribution in [0, 0.1) is 6.92 Å². The van der Waals surface area contributed by atoms with E-state index in [2.05, 4.69) is 15.1 Å². The van der Waals surface area contributed by atoms with Gasteiger partial charge < -0.3 is 9.47 Å². The molecule has 6 heteroatoms. The molecule has 0 N–H and O–H groups in total. The van der Waals surface area contributed by atoms with Gasteiger partial charge in [0.1, 0.15) is 0 Å². The Morgan fingerprint density at radius 3 is 2.47 bits per heavy atom. The highest BCUT2D eigenvalue weighted by Gasteiger charge is 2.11. The lowest BCUT2D eigenvalue weighted by atomic mass is 10.2. The average Bonchev–Trinajstić information content (AvgIpc) is 2.67. The van der Waals surface area contributed by atoms with Gasteiger partial charge in [0.15, 0.2) is 0 Å². The van der Waals surface area contributed by atoms with Crippen LogP contribution in [0.4, 0.5) is 0 Å². The van der Waals surface area contributed by atoms with Gasteiger partial charge in [0.05, 0.1) is 25.6 Å². The Labute approximate surface area is 99.2 Å². The Hall–Kier alpha value is -2.11. The van der Waals surface area contributed by atoms with Gasteiger partial charge in [-0.25, -0.2) is 0 Å². The summed E-state index contributed by atoms with van der Waals surface area (Å²) in [7, 11) is 4.95. The molecule has 0 saturated heterocycles. The first-order valence-corrected chi connectivity index (χ1v) is 5.11. The predicted octanol–water partition coefficient (Wildman–Crippen LogP) is 1.20. The molecular weight excluding hydrogens is 220 g/mol. The summed E-state index contributed by atoms with van der Waals surface area (Å²) in [6, 6.07) is 2.04. The van der Waals surface area contributed by atoms with E-state index < -0.39 is 0 Å². The van der Waals surface area contributed by atoms with Gasteiger partial charge in [-0.15, -0.1) is 0 Å². The van der Waals surface area contributed by atoms with Crippen molar-refractivity contribution < 1.29 is 9.47 Å². The Kier molecular flexibility index (Phi) is 2.95. The fourth-order valence-electron chi connectivity index (χ4n) is 1.59. The van der Waals surface area contributed by atoms with Crippen LogP contribution in [0.5, 0.6) is 11.9 Å². The molecule has 0 spiro atoms. The minimum absolute atomic E-state index is 0.280. The average molecular weight is 234 g/mol. The van der Waals surface area contributed by atoms with E-state index in [-0.39, 0.29) is 6.01 Å². The first-order chi connectivity index (χ1) is 8.13. The number of nitrogens with zero attached hydrogens (tertiary/aromatic N) is 4. The Bertz CT molecular complexity index is 514. The normalized spacial score (nSPS) is 10.4. The minimum atomic E-state index is 0.280. The number of rotatable bonds is 3. The van der Waals surface area contributed by atoms with Crippen LogP contribution in [0.2, 0.25) is 0 Å². The molecule has 0 amide bonds. The summed E-state index contributed by atoms with van der Waals surface area (Å²) >= 11 is 0. The summed E-state index contributed by atoms with van der Waals surface area (Å²) in [5.74, 6) is 0.468. The van der Waals surface area contributed by atoms with Crippen LogP contribution in [0.15, 0.2) is 12.3 Å². The predicted molar refractivity (Wildman–Crippen MR) is 62.1 cm³/mol. The summed E-state index contributed by atoms with van der Waals surface area (Å²) in [6.07, 6.45) is 1.90. The van der Waals surface area contributed by atoms with Crippen molar-refractivity contribution in [2.24, 2.45) is 7.05 Å². The Balaban J connectivity index is 2.54. The van der Waals surface area contributed by atoms with Crippen LogP contribution in [0.3, 0.4) is 0 Å². The zero-order valence-corrected chi connectivity index (χ0v) is 10.3. The molecule has 0 radical (unpaired) electrons. The number of hydrogen-bond donors (Lipinski definition) is 0. The van der Waals surface area contributed by atoms with Crippen molar-refractivity contribution in [3.05, 3.63) is 18.0 Å². The first-order valence-electron chi connectivity index (χ1n) is 5.11. The second-order valence-corrected chi connectivity index (χ2v) is 3.58. The maximum absolute atomic E-state index is 5.11. The van der Waals surface area contributed by atoms with E-state index in [1.807, 2.05) is 20.2 Å². The van der Waals surface area contributed by atoms with Gasteiger partial charge in [-0.3, -0.25) is 4.68 Å². The highest BCUT2D eigenvalue weighted by Crippen LogP contribution is 2.25. The van der Waals surface area contributed by atoms with Crippen LogP contribution >= 0.6 is 0 Å². The smallest absolute Gasteiger partial charge is 0.320 e. The van der Waals surface area contributed by atoms with Crippen molar-refractivity contribution >= 4 is 0 Å². The van der Waals surface area contributed by atoms with E-state index in [9.17, 15) is 0 Å². The molecule has 0 unspecified atom stereocenters. The zero-order chi connectivity index (χ0) is 12.4. The molecule has 0 bridgehead atoms. The maximum atomic E-state index is 5.11. The Morgan fingerprint density at radius 1 is 1.18 bits per heavy atom. The van der Waals surface area contributed by atoms with Crippen LogP contribution in [0.25, 0.3) is 11.3 Å². The van der Waals surface area contributed by atoms with E-state index in [0.29, 0.717) is 5.88 Å². The number of hydrogen-bond acceptors (Lipinski definition) is 5. The van der Waals surface area contributed by atoms with Gasteiger partial charge in [-0.1, -0.05) is 0 Å². The molecule has 0 aliphatic carbocycles. The third-order valence-electron chi connectivity index (χ3n) is 2.36. The van der Waals surface area contributed by atoms with Gasteiger partial charge in [-0.2, -0.15) is 15.1 Å². The topological polar surface area (TPSA) is 62.1 Å². The lowest BCUT2D eigenvalue weighted by Crippen LogP contribution is -1.97. The molecule has 2 heterocycles. The van der Waals surface area contributed by atoms with E-state index >= 15 is 0 Å². The third-order valence-corrected chi connectivity index (χ3v) is 2.36. The summed E-state index contributed by atoms with van der Waals surface area (Å²) in [4.78, 5) is 8.33. The van der Waals surface area contributed by atoms with Crippen LogP contribution in [0.1, 0.15) is 5.69 Å². The quantitative estimate of drug-likeness (QED) is 0.798. The SMILES string of the molecule is COc1cc(-c2cn(C)nc2C)nc(OC)n1. The van der Waals surface area contributed by atoms with Gasteiger partial charge in [0, 0.05) is 24.9 Å². The van der Waals surface area contributed by atoms with Crippen molar-refractivity contribution in [2.75, 3.05) is 14.2 Å². The summed E-state index contributed by atoms with van der Waals surface area (Å²) in [6.45, 7) is 1.93. The van der Waals surface area contributed by atoms with Crippen molar-refractivity contribution in [2.45, 2.75) is 6.92 Å². The fraction of sp³-hybridized carbons (Fsp3) is 0.364. The number of aryl methyl sites for hydroxylation is 2. The molecule has 0 aliphatic rings. The van der Waals surface area contributed by atoms with Crippen LogP contribution < -0.4 is 9.47 Å². The van der Waals surface area contributed by atoms with Crippen molar-refractivity contribution in [1.82, 2.24) is 19.7 Å². The molecule has 2 aromatic rings. The molecule has 6 nitrogen and oxygen atoms in total. The summed E-state index contributed by atoms with van der Waals surface area (Å²) in [5.41, 5.74) is 2.57. The molecule has 0 aliphatic heterocycles. The molecular formula is C11H14N4O2. The van der Waals surface area contributed by atoms with Crippen LogP contribution in [-0.2, 0) is 7.05 Å². The Morgan fingerprint density at radius 2 is 1.94 bits per heavy atom. The van der Waals surface area contributed by atoms with Crippen LogP contribution in [-0.4, -0.2) is 34.0 Å². The third kappa shape index (κ3) is 2.20. The van der Waals surface area contributed by atoms with Gasteiger partial charge in [0.2, 0.25) is 5.88 Å². The highest BCUT2D eigenvalue weighted by molar-refractivity contribution is 5.62. The van der Waals surface area contributed by atoms with Crippen molar-refractivity contribution in [3.8, 4) is 23.1 Å². The maximum Gasteiger partial charge on any atom is 0.320 e. The zero-order valence-electron chi connectivity index (χ0n) is 10.3. The molecule has 0 saturated carbocycles. The highest BCUT2D eigenvalue weighted by atomic mass is 16.5. The van der Waals surface area contributed by atoms with Crippen molar-refractivity contribution in [1.29, 1.82) is 0 Å². The second-order valence-electron chi connectivity index (χ2n) is 3.58. The van der Waals surface area contributed by atoms with E-state index in [1.54, 1.807) is 17.9 Å². The second kappa shape index (κ2) is 4.40. The number of aromatic nitrogens is 4. The minimum Gasteiger partial charge on any atom is -0.481 e. The van der Waals surface area contributed by atoms with Gasteiger partial charge in [0.25, 0.3) is 0 Å². The summed E-state index contributed by atoms with van der Waals surface area (Å²) in [5, 5.41) is 4.27. The summed E-state index contributed by atoms with van der Waals surface area (Å²) < 4.78 is 11.9. The number of methoxy groups -OCH3 is 2.